The smallest absolute Gasteiger partial charge is 0.327 e. The third-order valence-corrected chi connectivity index (χ3v) is 4.05. The third kappa shape index (κ3) is 3.48. The monoisotopic (exact) mass is 278 g/mol. The maximum absolute atomic E-state index is 11.3. The normalized spacial score (nSPS) is 12.6. The van der Waals surface area contributed by atoms with Gasteiger partial charge in [-0.1, -0.05) is 19.1 Å². The highest BCUT2D eigenvalue weighted by Crippen LogP contribution is 2.24. The van der Waals surface area contributed by atoms with Gasteiger partial charge < -0.3 is 5.73 Å². The number of nitrogens with zero attached hydrogens (tertiary/aromatic N) is 2. The molecule has 2 rings (SSSR count). The molecule has 0 fully saturated rings. The van der Waals surface area contributed by atoms with Crippen molar-refractivity contribution in [3.8, 4) is 0 Å². The molecule has 1 aromatic carbocycles. The first-order valence-electron chi connectivity index (χ1n) is 6.24. The molecule has 102 valence electrons. The van der Waals surface area contributed by atoms with E-state index in [1.807, 2.05) is 12.1 Å². The van der Waals surface area contributed by atoms with Gasteiger partial charge in [0, 0.05) is 18.0 Å². The van der Waals surface area contributed by atoms with Crippen LogP contribution in [0.3, 0.4) is 0 Å². The van der Waals surface area contributed by atoms with Crippen molar-refractivity contribution in [2.45, 2.75) is 35.9 Å². The zero-order valence-electron chi connectivity index (χ0n) is 11.1. The quantitative estimate of drug-likeness (QED) is 0.869. The van der Waals surface area contributed by atoms with Crippen molar-refractivity contribution < 1.29 is 0 Å². The Kier molecular flexibility index (Phi) is 4.44. The maximum Gasteiger partial charge on any atom is 0.343 e. The van der Waals surface area contributed by atoms with Crippen LogP contribution in [0, 0.1) is 0 Å². The SMILES string of the molecule is CCC(N)Cc1ccc(Sc2n[nH]c(=O)n2C)cc1. The first kappa shape index (κ1) is 13.9. The molecule has 0 spiro atoms. The zero-order valence-corrected chi connectivity index (χ0v) is 11.9. The summed E-state index contributed by atoms with van der Waals surface area (Å²) in [5.74, 6) is 0. The predicted molar refractivity (Wildman–Crippen MR) is 76.4 cm³/mol. The molecule has 0 bridgehead atoms. The van der Waals surface area contributed by atoms with Crippen molar-refractivity contribution in [1.29, 1.82) is 0 Å². The number of nitrogens with two attached hydrogens (primary N) is 1. The number of benzene rings is 1. The minimum absolute atomic E-state index is 0.201. The molecule has 0 radical (unpaired) electrons. The Labute approximate surface area is 116 Å². The van der Waals surface area contributed by atoms with Gasteiger partial charge in [0.05, 0.1) is 0 Å². The Morgan fingerprint density at radius 3 is 2.63 bits per heavy atom. The molecular weight excluding hydrogens is 260 g/mol. The highest BCUT2D eigenvalue weighted by atomic mass is 32.2. The van der Waals surface area contributed by atoms with Crippen LogP contribution >= 0.6 is 11.8 Å². The summed E-state index contributed by atoms with van der Waals surface area (Å²) in [6.07, 6.45) is 1.87. The molecule has 0 aliphatic carbocycles. The van der Waals surface area contributed by atoms with E-state index in [1.54, 1.807) is 7.05 Å². The Bertz CT molecular complexity index is 587. The summed E-state index contributed by atoms with van der Waals surface area (Å²) >= 11 is 1.46. The van der Waals surface area contributed by atoms with Gasteiger partial charge in [0.15, 0.2) is 5.16 Å². The van der Waals surface area contributed by atoms with Gasteiger partial charge in [0.1, 0.15) is 0 Å². The van der Waals surface area contributed by atoms with E-state index < -0.39 is 0 Å². The van der Waals surface area contributed by atoms with Crippen molar-refractivity contribution >= 4 is 11.8 Å². The maximum atomic E-state index is 11.3. The molecule has 0 saturated carbocycles. The third-order valence-electron chi connectivity index (χ3n) is 2.99. The van der Waals surface area contributed by atoms with Gasteiger partial charge in [-0.2, -0.15) is 0 Å². The summed E-state index contributed by atoms with van der Waals surface area (Å²) in [5, 5.41) is 7.04. The van der Waals surface area contributed by atoms with E-state index in [0.29, 0.717) is 5.16 Å². The summed E-state index contributed by atoms with van der Waals surface area (Å²) in [5.41, 5.74) is 6.96. The summed E-state index contributed by atoms with van der Waals surface area (Å²) in [6.45, 7) is 2.09. The number of aromatic amines is 1. The van der Waals surface area contributed by atoms with E-state index in [9.17, 15) is 4.79 Å². The van der Waals surface area contributed by atoms with Gasteiger partial charge in [-0.25, -0.2) is 9.89 Å². The Morgan fingerprint density at radius 2 is 2.11 bits per heavy atom. The van der Waals surface area contributed by atoms with Gasteiger partial charge in [0.2, 0.25) is 0 Å². The van der Waals surface area contributed by atoms with E-state index in [2.05, 4.69) is 29.3 Å². The Morgan fingerprint density at radius 1 is 1.42 bits per heavy atom. The molecule has 5 nitrogen and oxygen atoms in total. The van der Waals surface area contributed by atoms with Crippen LogP contribution in [0.5, 0.6) is 0 Å². The van der Waals surface area contributed by atoms with Gasteiger partial charge in [0.25, 0.3) is 0 Å². The van der Waals surface area contributed by atoms with E-state index in [0.717, 1.165) is 17.7 Å². The molecule has 0 saturated heterocycles. The number of aromatic nitrogens is 3. The summed E-state index contributed by atoms with van der Waals surface area (Å²) in [6, 6.07) is 8.42. The molecular formula is C13H18N4OS. The number of rotatable bonds is 5. The molecule has 0 aliphatic rings. The molecule has 0 aliphatic heterocycles. The van der Waals surface area contributed by atoms with Crippen LogP contribution in [0.25, 0.3) is 0 Å². The molecule has 1 heterocycles. The fourth-order valence-electron chi connectivity index (χ4n) is 1.67. The van der Waals surface area contributed by atoms with E-state index in [4.69, 9.17) is 5.73 Å². The van der Waals surface area contributed by atoms with Gasteiger partial charge in [-0.15, -0.1) is 5.10 Å². The predicted octanol–water partition coefficient (Wildman–Crippen LogP) is 1.54. The minimum atomic E-state index is -0.201. The number of hydrogen-bond acceptors (Lipinski definition) is 4. The second-order valence-electron chi connectivity index (χ2n) is 4.49. The zero-order chi connectivity index (χ0) is 13.8. The molecule has 1 atom stereocenters. The lowest BCUT2D eigenvalue weighted by Crippen LogP contribution is -2.21. The lowest BCUT2D eigenvalue weighted by molar-refractivity contribution is 0.646. The largest absolute Gasteiger partial charge is 0.343 e. The topological polar surface area (TPSA) is 76.7 Å². The first-order valence-corrected chi connectivity index (χ1v) is 7.05. The molecule has 19 heavy (non-hydrogen) atoms. The Hall–Kier alpha value is -1.53. The molecule has 3 N–H and O–H groups in total. The van der Waals surface area contributed by atoms with E-state index in [1.165, 1.54) is 21.9 Å². The van der Waals surface area contributed by atoms with Gasteiger partial charge in [-0.3, -0.25) is 4.57 Å². The van der Waals surface area contributed by atoms with Crippen LogP contribution in [-0.4, -0.2) is 20.8 Å². The van der Waals surface area contributed by atoms with Gasteiger partial charge in [-0.05, 0) is 42.3 Å². The highest BCUT2D eigenvalue weighted by molar-refractivity contribution is 7.99. The number of H-pyrrole nitrogens is 1. The molecule has 1 unspecified atom stereocenters. The van der Waals surface area contributed by atoms with Gasteiger partial charge >= 0.3 is 5.69 Å². The lowest BCUT2D eigenvalue weighted by Gasteiger charge is -2.08. The summed E-state index contributed by atoms with van der Waals surface area (Å²) in [7, 11) is 1.70. The molecule has 0 amide bonds. The number of hydrogen-bond donors (Lipinski definition) is 2. The van der Waals surface area contributed by atoms with Crippen LogP contribution in [-0.2, 0) is 13.5 Å². The van der Waals surface area contributed by atoms with Crippen LogP contribution in [0.15, 0.2) is 39.1 Å². The Balaban J connectivity index is 2.06. The van der Waals surface area contributed by atoms with Crippen molar-refractivity contribution in [2.24, 2.45) is 12.8 Å². The second kappa shape index (κ2) is 6.08. The van der Waals surface area contributed by atoms with Crippen molar-refractivity contribution in [3.63, 3.8) is 0 Å². The van der Waals surface area contributed by atoms with Crippen LogP contribution < -0.4 is 11.4 Å². The van der Waals surface area contributed by atoms with Crippen molar-refractivity contribution in [1.82, 2.24) is 14.8 Å². The fourth-order valence-corrected chi connectivity index (χ4v) is 2.46. The van der Waals surface area contributed by atoms with Crippen LogP contribution in [0.4, 0.5) is 0 Å². The van der Waals surface area contributed by atoms with E-state index >= 15 is 0 Å². The lowest BCUT2D eigenvalue weighted by atomic mass is 10.1. The average molecular weight is 278 g/mol. The fraction of sp³-hybridized carbons (Fsp3) is 0.385. The highest BCUT2D eigenvalue weighted by Gasteiger charge is 2.07. The van der Waals surface area contributed by atoms with Crippen LogP contribution in [0.1, 0.15) is 18.9 Å². The average Bonchev–Trinajstić information content (AvgIpc) is 2.73. The standard InChI is InChI=1S/C13H18N4OS/c1-3-10(14)8-9-4-6-11(7-5-9)19-13-16-15-12(18)17(13)2/h4-7,10H,3,8,14H2,1-2H3,(H,15,18). The molecule has 6 heteroatoms. The number of nitrogens with one attached hydrogen (secondary N) is 1. The van der Waals surface area contributed by atoms with E-state index in [-0.39, 0.29) is 11.7 Å². The summed E-state index contributed by atoms with van der Waals surface area (Å²) in [4.78, 5) is 12.3. The minimum Gasteiger partial charge on any atom is -0.327 e. The summed E-state index contributed by atoms with van der Waals surface area (Å²) < 4.78 is 1.49. The molecule has 2 aromatic rings. The van der Waals surface area contributed by atoms with Crippen molar-refractivity contribution in [2.75, 3.05) is 0 Å². The molecule has 1 aromatic heterocycles. The second-order valence-corrected chi connectivity index (χ2v) is 5.53. The first-order chi connectivity index (χ1) is 9.10. The van der Waals surface area contributed by atoms with Crippen molar-refractivity contribution in [3.05, 3.63) is 40.3 Å². The van der Waals surface area contributed by atoms with Crippen LogP contribution in [0.2, 0.25) is 0 Å².